The van der Waals surface area contributed by atoms with Crippen molar-refractivity contribution in [3.8, 4) is 0 Å². The molecule has 1 aromatic rings. The van der Waals surface area contributed by atoms with Gasteiger partial charge in [-0.2, -0.15) is 0 Å². The fourth-order valence-corrected chi connectivity index (χ4v) is 1.59. The largest absolute Gasteiger partial charge is 0.396 e. The number of amides is 1. The highest BCUT2D eigenvalue weighted by Crippen LogP contribution is 2.20. The molecule has 0 heterocycles. The summed E-state index contributed by atoms with van der Waals surface area (Å²) in [5.74, 6) is -0.151. The third kappa shape index (κ3) is 4.24. The van der Waals surface area contributed by atoms with E-state index in [1.165, 1.54) is 0 Å². The van der Waals surface area contributed by atoms with E-state index in [0.717, 1.165) is 5.69 Å². The fraction of sp³-hybridized carbons (Fsp3) is 0.417. The third-order valence-electron chi connectivity index (χ3n) is 2.21. The van der Waals surface area contributed by atoms with E-state index in [0.29, 0.717) is 30.1 Å². The molecule has 0 aliphatic heterocycles. The standard InChI is InChI=1S/C12H17ClN2O2/c1-2-14-12(17)10-8-9(13)4-5-11(10)15-6-3-7-16/h4-5,8,15-16H,2-3,6-7H2,1H3,(H,14,17). The Bertz CT molecular complexity index is 383. The van der Waals surface area contributed by atoms with Crippen LogP contribution in [0.25, 0.3) is 0 Å². The first-order chi connectivity index (χ1) is 8.19. The van der Waals surface area contributed by atoms with Crippen LogP contribution in [0.4, 0.5) is 5.69 Å². The quantitative estimate of drug-likeness (QED) is 0.681. The zero-order valence-corrected chi connectivity index (χ0v) is 10.5. The molecular weight excluding hydrogens is 240 g/mol. The summed E-state index contributed by atoms with van der Waals surface area (Å²) >= 11 is 5.87. The van der Waals surface area contributed by atoms with Gasteiger partial charge in [0.2, 0.25) is 0 Å². The molecule has 1 amide bonds. The van der Waals surface area contributed by atoms with Crippen LogP contribution in [0.5, 0.6) is 0 Å². The molecule has 17 heavy (non-hydrogen) atoms. The molecule has 0 fully saturated rings. The molecule has 0 aliphatic rings. The van der Waals surface area contributed by atoms with Crippen LogP contribution < -0.4 is 10.6 Å². The molecule has 0 spiro atoms. The van der Waals surface area contributed by atoms with Crippen LogP contribution in [0.1, 0.15) is 23.7 Å². The lowest BCUT2D eigenvalue weighted by Crippen LogP contribution is -2.24. The highest BCUT2D eigenvalue weighted by atomic mass is 35.5. The molecule has 0 radical (unpaired) electrons. The molecule has 0 unspecified atom stereocenters. The summed E-state index contributed by atoms with van der Waals surface area (Å²) < 4.78 is 0. The van der Waals surface area contributed by atoms with Crippen molar-refractivity contribution in [2.75, 3.05) is 25.0 Å². The van der Waals surface area contributed by atoms with Gasteiger partial charge in [0.05, 0.1) is 5.56 Å². The van der Waals surface area contributed by atoms with Crippen molar-refractivity contribution in [1.82, 2.24) is 5.32 Å². The Morgan fingerprint density at radius 3 is 2.88 bits per heavy atom. The number of halogens is 1. The first kappa shape index (κ1) is 13.8. The van der Waals surface area contributed by atoms with Crippen molar-refractivity contribution < 1.29 is 9.90 Å². The zero-order chi connectivity index (χ0) is 12.7. The van der Waals surface area contributed by atoms with Gasteiger partial charge in [-0.1, -0.05) is 11.6 Å². The Balaban J connectivity index is 2.83. The molecule has 1 rings (SSSR count). The van der Waals surface area contributed by atoms with Gasteiger partial charge in [0.1, 0.15) is 0 Å². The second kappa shape index (κ2) is 7.14. The topological polar surface area (TPSA) is 61.4 Å². The number of nitrogens with one attached hydrogen (secondary N) is 2. The number of carbonyl (C=O) groups is 1. The molecule has 5 heteroatoms. The van der Waals surface area contributed by atoms with E-state index < -0.39 is 0 Å². The normalized spacial score (nSPS) is 10.1. The summed E-state index contributed by atoms with van der Waals surface area (Å²) in [6.07, 6.45) is 0.636. The lowest BCUT2D eigenvalue weighted by Gasteiger charge is -2.11. The van der Waals surface area contributed by atoms with Crippen LogP contribution in [0.2, 0.25) is 5.02 Å². The molecule has 0 bridgehead atoms. The van der Waals surface area contributed by atoms with E-state index in [4.69, 9.17) is 16.7 Å². The van der Waals surface area contributed by atoms with Crippen LogP contribution in [0.15, 0.2) is 18.2 Å². The number of anilines is 1. The Morgan fingerprint density at radius 2 is 2.24 bits per heavy atom. The lowest BCUT2D eigenvalue weighted by atomic mass is 10.1. The van der Waals surface area contributed by atoms with Crippen molar-refractivity contribution in [3.63, 3.8) is 0 Å². The molecule has 0 aliphatic carbocycles. The van der Waals surface area contributed by atoms with Crippen LogP contribution in [0.3, 0.4) is 0 Å². The van der Waals surface area contributed by atoms with Crippen molar-refractivity contribution in [2.45, 2.75) is 13.3 Å². The minimum atomic E-state index is -0.151. The molecule has 0 atom stereocenters. The summed E-state index contributed by atoms with van der Waals surface area (Å²) in [5.41, 5.74) is 1.26. The predicted octanol–water partition coefficient (Wildman–Crippen LogP) is 1.88. The Hall–Kier alpha value is -1.26. The SMILES string of the molecule is CCNC(=O)c1cc(Cl)ccc1NCCCO. The lowest BCUT2D eigenvalue weighted by molar-refractivity contribution is 0.0956. The number of aliphatic hydroxyl groups is 1. The number of hydrogen-bond donors (Lipinski definition) is 3. The van der Waals surface area contributed by atoms with Gasteiger partial charge in [-0.25, -0.2) is 0 Å². The first-order valence-electron chi connectivity index (χ1n) is 5.61. The Kier molecular flexibility index (Phi) is 5.80. The second-order valence-corrected chi connectivity index (χ2v) is 3.99. The van der Waals surface area contributed by atoms with Crippen LogP contribution in [-0.4, -0.2) is 30.7 Å². The summed E-state index contributed by atoms with van der Waals surface area (Å²) in [6.45, 7) is 3.17. The molecule has 94 valence electrons. The van der Waals surface area contributed by atoms with Gasteiger partial charge in [-0.15, -0.1) is 0 Å². The van der Waals surface area contributed by atoms with E-state index in [9.17, 15) is 4.79 Å². The first-order valence-corrected chi connectivity index (χ1v) is 5.99. The molecular formula is C12H17ClN2O2. The van der Waals surface area contributed by atoms with Crippen molar-refractivity contribution in [1.29, 1.82) is 0 Å². The summed E-state index contributed by atoms with van der Waals surface area (Å²) in [4.78, 5) is 11.8. The monoisotopic (exact) mass is 256 g/mol. The molecule has 0 aromatic heterocycles. The van der Waals surface area contributed by atoms with Crippen LogP contribution in [0, 0.1) is 0 Å². The van der Waals surface area contributed by atoms with Gasteiger partial charge in [-0.3, -0.25) is 4.79 Å². The molecule has 4 nitrogen and oxygen atoms in total. The summed E-state index contributed by atoms with van der Waals surface area (Å²) in [7, 11) is 0. The van der Waals surface area contributed by atoms with E-state index >= 15 is 0 Å². The van der Waals surface area contributed by atoms with Gasteiger partial charge in [0.25, 0.3) is 5.91 Å². The maximum Gasteiger partial charge on any atom is 0.253 e. The molecule has 0 saturated heterocycles. The van der Waals surface area contributed by atoms with Crippen LogP contribution in [-0.2, 0) is 0 Å². The maximum atomic E-state index is 11.8. The average molecular weight is 257 g/mol. The van der Waals surface area contributed by atoms with Crippen molar-refractivity contribution in [2.24, 2.45) is 0 Å². The highest BCUT2D eigenvalue weighted by Gasteiger charge is 2.10. The van der Waals surface area contributed by atoms with Gasteiger partial charge >= 0.3 is 0 Å². The second-order valence-electron chi connectivity index (χ2n) is 3.55. The number of aliphatic hydroxyl groups excluding tert-OH is 1. The van der Waals surface area contributed by atoms with E-state index in [2.05, 4.69) is 10.6 Å². The summed E-state index contributed by atoms with van der Waals surface area (Å²) in [6, 6.07) is 5.13. The molecule has 3 N–H and O–H groups in total. The number of hydrogen-bond acceptors (Lipinski definition) is 3. The third-order valence-corrected chi connectivity index (χ3v) is 2.45. The fourth-order valence-electron chi connectivity index (χ4n) is 1.42. The summed E-state index contributed by atoms with van der Waals surface area (Å²) in [5, 5.41) is 15.1. The highest BCUT2D eigenvalue weighted by molar-refractivity contribution is 6.31. The number of carbonyl (C=O) groups excluding carboxylic acids is 1. The van der Waals surface area contributed by atoms with Gasteiger partial charge in [0, 0.05) is 30.4 Å². The number of benzene rings is 1. The predicted molar refractivity (Wildman–Crippen MR) is 69.7 cm³/mol. The van der Waals surface area contributed by atoms with Crippen molar-refractivity contribution in [3.05, 3.63) is 28.8 Å². The van der Waals surface area contributed by atoms with Gasteiger partial charge in [-0.05, 0) is 31.5 Å². The minimum absolute atomic E-state index is 0.122. The maximum absolute atomic E-state index is 11.8. The van der Waals surface area contributed by atoms with Gasteiger partial charge in [0.15, 0.2) is 0 Å². The smallest absolute Gasteiger partial charge is 0.253 e. The molecule has 1 aromatic carbocycles. The zero-order valence-electron chi connectivity index (χ0n) is 9.79. The van der Waals surface area contributed by atoms with Crippen LogP contribution >= 0.6 is 11.6 Å². The van der Waals surface area contributed by atoms with Gasteiger partial charge < -0.3 is 15.7 Å². The Labute approximate surface area is 106 Å². The molecule has 0 saturated carbocycles. The minimum Gasteiger partial charge on any atom is -0.396 e. The van der Waals surface area contributed by atoms with Crippen molar-refractivity contribution >= 4 is 23.2 Å². The van der Waals surface area contributed by atoms with E-state index in [1.807, 2.05) is 6.92 Å². The van der Waals surface area contributed by atoms with E-state index in [-0.39, 0.29) is 12.5 Å². The average Bonchev–Trinajstić information content (AvgIpc) is 2.31. The Morgan fingerprint density at radius 1 is 1.47 bits per heavy atom. The van der Waals surface area contributed by atoms with E-state index in [1.54, 1.807) is 18.2 Å². The number of rotatable bonds is 6.